The largest absolute Gasteiger partial charge is 0.0654 e. The molecule has 0 aromatic rings. The fourth-order valence-corrected chi connectivity index (χ4v) is 4.62. The molecule has 146 valence electrons. The molecule has 0 amide bonds. The monoisotopic (exact) mass is 338 g/mol. The van der Waals surface area contributed by atoms with Gasteiger partial charge in [0.1, 0.15) is 0 Å². The molecule has 24 heavy (non-hydrogen) atoms. The van der Waals surface area contributed by atoms with Crippen molar-refractivity contribution in [1.29, 1.82) is 0 Å². The van der Waals surface area contributed by atoms with Crippen LogP contribution >= 0.6 is 0 Å². The molecule has 0 heteroatoms. The van der Waals surface area contributed by atoms with E-state index in [1.807, 2.05) is 0 Å². The minimum Gasteiger partial charge on any atom is -0.0654 e. The van der Waals surface area contributed by atoms with E-state index in [1.165, 1.54) is 25.7 Å². The molecular weight excluding hydrogens is 288 g/mol. The van der Waals surface area contributed by atoms with E-state index in [4.69, 9.17) is 0 Å². The molecular formula is C24H50. The Hall–Kier alpha value is 0. The molecule has 0 radical (unpaired) electrons. The van der Waals surface area contributed by atoms with Gasteiger partial charge in [-0.25, -0.2) is 0 Å². The van der Waals surface area contributed by atoms with Gasteiger partial charge < -0.3 is 0 Å². The topological polar surface area (TPSA) is 0 Å². The van der Waals surface area contributed by atoms with Gasteiger partial charge in [0.25, 0.3) is 0 Å². The SMILES string of the molecule is CCCC(C)C(C)CC(C)C(C)C(C)C(C)C(C)C(C)C(C)CC. The van der Waals surface area contributed by atoms with Crippen LogP contribution < -0.4 is 0 Å². The lowest BCUT2D eigenvalue weighted by Crippen LogP contribution is -2.31. The minimum atomic E-state index is 0.815. The highest BCUT2D eigenvalue weighted by Gasteiger charge is 2.31. The molecule has 9 unspecified atom stereocenters. The first-order valence-corrected chi connectivity index (χ1v) is 11.1. The Morgan fingerprint density at radius 2 is 0.875 bits per heavy atom. The van der Waals surface area contributed by atoms with Crippen LogP contribution in [0.15, 0.2) is 0 Å². The maximum Gasteiger partial charge on any atom is -0.0386 e. The molecule has 0 spiro atoms. The highest BCUT2D eigenvalue weighted by Crippen LogP contribution is 2.39. The maximum atomic E-state index is 2.52. The summed E-state index contributed by atoms with van der Waals surface area (Å²) < 4.78 is 0. The molecule has 0 N–H and O–H groups in total. The summed E-state index contributed by atoms with van der Waals surface area (Å²) in [5.74, 6) is 7.52. The Morgan fingerprint density at radius 1 is 0.458 bits per heavy atom. The molecule has 9 atom stereocenters. The molecule has 0 aliphatic rings. The highest BCUT2D eigenvalue weighted by molar-refractivity contribution is 4.80. The molecule has 0 rings (SSSR count). The van der Waals surface area contributed by atoms with Crippen molar-refractivity contribution in [3.63, 3.8) is 0 Å². The van der Waals surface area contributed by atoms with Crippen LogP contribution in [0.3, 0.4) is 0 Å². The lowest BCUT2D eigenvalue weighted by molar-refractivity contribution is 0.107. The summed E-state index contributed by atoms with van der Waals surface area (Å²) in [6.07, 6.45) is 5.42. The van der Waals surface area contributed by atoms with E-state index in [9.17, 15) is 0 Å². The van der Waals surface area contributed by atoms with Crippen LogP contribution in [-0.2, 0) is 0 Å². The average Bonchev–Trinajstić information content (AvgIpc) is 2.57. The van der Waals surface area contributed by atoms with Gasteiger partial charge in [0.05, 0.1) is 0 Å². The maximum absolute atomic E-state index is 2.52. The van der Waals surface area contributed by atoms with Crippen LogP contribution in [0.5, 0.6) is 0 Å². The zero-order chi connectivity index (χ0) is 19.0. The van der Waals surface area contributed by atoms with Crippen molar-refractivity contribution in [2.24, 2.45) is 53.3 Å². The normalized spacial score (nSPS) is 23.6. The summed E-state index contributed by atoms with van der Waals surface area (Å²) in [4.78, 5) is 0. The van der Waals surface area contributed by atoms with E-state index in [0.717, 1.165) is 53.3 Å². The molecule has 0 aliphatic heterocycles. The summed E-state index contributed by atoms with van der Waals surface area (Å²) in [5.41, 5.74) is 0. The number of rotatable bonds is 12. The summed E-state index contributed by atoms with van der Waals surface area (Å²) in [6.45, 7) is 27.1. The van der Waals surface area contributed by atoms with E-state index < -0.39 is 0 Å². The molecule has 0 saturated carbocycles. The van der Waals surface area contributed by atoms with Crippen LogP contribution in [0.25, 0.3) is 0 Å². The minimum absolute atomic E-state index is 0.815. The van der Waals surface area contributed by atoms with Crippen LogP contribution in [0.4, 0.5) is 0 Å². The standard InChI is InChI=1S/C24H50/c1-12-14-17(4)18(5)15-19(6)21(8)23(10)24(11)22(9)20(7)16(3)13-2/h16-24H,12-15H2,1-11H3. The quantitative estimate of drug-likeness (QED) is 0.335. The van der Waals surface area contributed by atoms with Crippen LogP contribution in [-0.4, -0.2) is 0 Å². The number of hydrogen-bond acceptors (Lipinski definition) is 0. The third-order valence-electron chi connectivity index (χ3n) is 8.22. The fraction of sp³-hybridized carbons (Fsp3) is 1.00. The Bertz CT molecular complexity index is 307. The van der Waals surface area contributed by atoms with Crippen LogP contribution in [0.2, 0.25) is 0 Å². The smallest absolute Gasteiger partial charge is 0.0386 e. The summed E-state index contributed by atoms with van der Waals surface area (Å²) in [7, 11) is 0. The first-order chi connectivity index (χ1) is 11.1. The summed E-state index contributed by atoms with van der Waals surface area (Å²) >= 11 is 0. The van der Waals surface area contributed by atoms with E-state index >= 15 is 0 Å². The first kappa shape index (κ1) is 24.0. The summed E-state index contributed by atoms with van der Waals surface area (Å²) in [5, 5.41) is 0. The molecule has 0 nitrogen and oxygen atoms in total. The average molecular weight is 339 g/mol. The third-order valence-corrected chi connectivity index (χ3v) is 8.22. The van der Waals surface area contributed by atoms with Gasteiger partial charge in [0.2, 0.25) is 0 Å². The van der Waals surface area contributed by atoms with Crippen molar-refractivity contribution < 1.29 is 0 Å². The van der Waals surface area contributed by atoms with Crippen molar-refractivity contribution in [3.05, 3.63) is 0 Å². The highest BCUT2D eigenvalue weighted by atomic mass is 14.4. The Morgan fingerprint density at radius 3 is 1.29 bits per heavy atom. The van der Waals surface area contributed by atoms with Gasteiger partial charge in [-0.1, -0.05) is 95.4 Å². The zero-order valence-electron chi connectivity index (χ0n) is 19.0. The molecule has 0 bridgehead atoms. The van der Waals surface area contributed by atoms with E-state index in [2.05, 4.69) is 76.2 Å². The second-order valence-corrected chi connectivity index (χ2v) is 9.64. The predicted octanol–water partition coefficient (Wildman–Crippen LogP) is 8.31. The van der Waals surface area contributed by atoms with Gasteiger partial charge in [-0.3, -0.25) is 0 Å². The Kier molecular flexibility index (Phi) is 11.6. The zero-order valence-corrected chi connectivity index (χ0v) is 19.0. The van der Waals surface area contributed by atoms with E-state index in [-0.39, 0.29) is 0 Å². The van der Waals surface area contributed by atoms with Crippen molar-refractivity contribution >= 4 is 0 Å². The lowest BCUT2D eigenvalue weighted by atomic mass is 9.67. The van der Waals surface area contributed by atoms with E-state index in [0.29, 0.717) is 0 Å². The van der Waals surface area contributed by atoms with Gasteiger partial charge in [0.15, 0.2) is 0 Å². The molecule has 0 heterocycles. The van der Waals surface area contributed by atoms with Gasteiger partial charge in [-0.2, -0.15) is 0 Å². The second-order valence-electron chi connectivity index (χ2n) is 9.64. The molecule has 0 fully saturated rings. The first-order valence-electron chi connectivity index (χ1n) is 11.1. The fourth-order valence-electron chi connectivity index (χ4n) is 4.62. The van der Waals surface area contributed by atoms with Gasteiger partial charge in [-0.05, 0) is 59.7 Å². The van der Waals surface area contributed by atoms with Gasteiger partial charge in [-0.15, -0.1) is 0 Å². The lowest BCUT2D eigenvalue weighted by Gasteiger charge is -2.38. The van der Waals surface area contributed by atoms with Crippen LogP contribution in [0.1, 0.15) is 102 Å². The molecule has 0 aromatic carbocycles. The van der Waals surface area contributed by atoms with Crippen molar-refractivity contribution in [1.82, 2.24) is 0 Å². The van der Waals surface area contributed by atoms with Crippen molar-refractivity contribution in [3.8, 4) is 0 Å². The summed E-state index contributed by atoms with van der Waals surface area (Å²) in [6, 6.07) is 0. The second kappa shape index (κ2) is 11.6. The predicted molar refractivity (Wildman–Crippen MR) is 112 cm³/mol. The Labute approximate surface area is 155 Å². The molecule has 0 saturated heterocycles. The number of hydrogen-bond donors (Lipinski definition) is 0. The van der Waals surface area contributed by atoms with Crippen molar-refractivity contribution in [2.45, 2.75) is 102 Å². The molecule has 0 aromatic heterocycles. The van der Waals surface area contributed by atoms with Gasteiger partial charge in [0, 0.05) is 0 Å². The van der Waals surface area contributed by atoms with Gasteiger partial charge >= 0.3 is 0 Å². The third kappa shape index (κ3) is 7.09. The van der Waals surface area contributed by atoms with E-state index in [1.54, 1.807) is 0 Å². The van der Waals surface area contributed by atoms with Crippen LogP contribution in [0, 0.1) is 53.3 Å². The van der Waals surface area contributed by atoms with Crippen molar-refractivity contribution in [2.75, 3.05) is 0 Å². The molecule has 0 aliphatic carbocycles. The Balaban J connectivity index is 4.69.